The molecule has 20 heavy (non-hydrogen) atoms. The molecule has 0 spiro atoms. The van der Waals surface area contributed by atoms with E-state index < -0.39 is 10.8 Å². The van der Waals surface area contributed by atoms with E-state index in [1.807, 2.05) is 19.9 Å². The van der Waals surface area contributed by atoms with Crippen LogP contribution in [0.2, 0.25) is 0 Å². The topological polar surface area (TPSA) is 71.1 Å². The van der Waals surface area contributed by atoms with Gasteiger partial charge < -0.3 is 10.6 Å². The number of anilines is 1. The highest BCUT2D eigenvalue weighted by Crippen LogP contribution is 2.17. The standard InChI is InChI=1S/C14H23N3O2S/c1-10(2)12-8-11(9-13(15-3)17-12)14(18)16-6-5-7-20(4)19/h8-10H,5-7H2,1-4H3,(H,15,17)(H,16,18). The van der Waals surface area contributed by atoms with Gasteiger partial charge in [-0.15, -0.1) is 0 Å². The molecule has 1 aromatic heterocycles. The van der Waals surface area contributed by atoms with Crippen molar-refractivity contribution in [2.24, 2.45) is 0 Å². The minimum atomic E-state index is -0.811. The number of nitrogens with zero attached hydrogens (tertiary/aromatic N) is 1. The van der Waals surface area contributed by atoms with Crippen LogP contribution in [-0.2, 0) is 10.8 Å². The Morgan fingerprint density at radius 2 is 2.10 bits per heavy atom. The highest BCUT2D eigenvalue weighted by molar-refractivity contribution is 7.84. The molecule has 2 N–H and O–H groups in total. The number of carbonyl (C=O) groups is 1. The average Bonchev–Trinajstić information content (AvgIpc) is 2.42. The van der Waals surface area contributed by atoms with Gasteiger partial charge in [0.05, 0.1) is 0 Å². The van der Waals surface area contributed by atoms with Crippen LogP contribution in [0.3, 0.4) is 0 Å². The fourth-order valence-corrected chi connectivity index (χ4v) is 2.24. The lowest BCUT2D eigenvalue weighted by molar-refractivity contribution is 0.0953. The van der Waals surface area contributed by atoms with Crippen LogP contribution in [-0.4, -0.2) is 40.7 Å². The number of hydrogen-bond acceptors (Lipinski definition) is 4. The van der Waals surface area contributed by atoms with Gasteiger partial charge in [0.2, 0.25) is 0 Å². The lowest BCUT2D eigenvalue weighted by atomic mass is 10.1. The van der Waals surface area contributed by atoms with Gasteiger partial charge in [0.15, 0.2) is 0 Å². The minimum absolute atomic E-state index is 0.118. The highest BCUT2D eigenvalue weighted by Gasteiger charge is 2.11. The first kappa shape index (κ1) is 16.6. The van der Waals surface area contributed by atoms with Crippen molar-refractivity contribution >= 4 is 22.5 Å². The molecule has 0 saturated heterocycles. The summed E-state index contributed by atoms with van der Waals surface area (Å²) in [6.07, 6.45) is 2.38. The van der Waals surface area contributed by atoms with Crippen molar-refractivity contribution in [1.82, 2.24) is 10.3 Å². The van der Waals surface area contributed by atoms with E-state index in [4.69, 9.17) is 0 Å². The number of nitrogens with one attached hydrogen (secondary N) is 2. The van der Waals surface area contributed by atoms with E-state index in [0.717, 1.165) is 12.1 Å². The molecular formula is C14H23N3O2S. The van der Waals surface area contributed by atoms with E-state index in [9.17, 15) is 9.00 Å². The van der Waals surface area contributed by atoms with Crippen LogP contribution in [0.4, 0.5) is 5.82 Å². The summed E-state index contributed by atoms with van der Waals surface area (Å²) in [5, 5.41) is 5.81. The fourth-order valence-electron chi connectivity index (χ4n) is 1.69. The van der Waals surface area contributed by atoms with Gasteiger partial charge in [-0.1, -0.05) is 13.8 Å². The van der Waals surface area contributed by atoms with Crippen LogP contribution in [0.5, 0.6) is 0 Å². The van der Waals surface area contributed by atoms with Crippen molar-refractivity contribution in [1.29, 1.82) is 0 Å². The molecule has 6 heteroatoms. The Hall–Kier alpha value is -1.43. The van der Waals surface area contributed by atoms with E-state index in [0.29, 0.717) is 23.7 Å². The Kier molecular flexibility index (Phi) is 6.64. The van der Waals surface area contributed by atoms with Crippen LogP contribution in [0, 0.1) is 0 Å². The molecule has 1 unspecified atom stereocenters. The number of pyridine rings is 1. The van der Waals surface area contributed by atoms with E-state index in [1.54, 1.807) is 19.4 Å². The maximum Gasteiger partial charge on any atom is 0.251 e. The van der Waals surface area contributed by atoms with Crippen LogP contribution >= 0.6 is 0 Å². The number of hydrogen-bond donors (Lipinski definition) is 2. The molecule has 1 amide bonds. The second kappa shape index (κ2) is 7.99. The molecule has 1 atom stereocenters. The summed E-state index contributed by atoms with van der Waals surface area (Å²) >= 11 is 0. The highest BCUT2D eigenvalue weighted by atomic mass is 32.2. The van der Waals surface area contributed by atoms with E-state index in [-0.39, 0.29) is 11.8 Å². The van der Waals surface area contributed by atoms with E-state index in [2.05, 4.69) is 15.6 Å². The maximum absolute atomic E-state index is 12.1. The molecule has 0 aromatic carbocycles. The molecule has 0 radical (unpaired) electrons. The van der Waals surface area contributed by atoms with Gasteiger partial charge in [-0.3, -0.25) is 9.00 Å². The second-order valence-corrected chi connectivity index (χ2v) is 6.51. The Labute approximate surface area is 123 Å². The molecule has 0 saturated carbocycles. The first-order chi connectivity index (χ1) is 9.43. The Morgan fingerprint density at radius 1 is 1.40 bits per heavy atom. The molecule has 0 bridgehead atoms. The Morgan fingerprint density at radius 3 is 2.65 bits per heavy atom. The molecule has 0 fully saturated rings. The number of aromatic nitrogens is 1. The van der Waals surface area contributed by atoms with Crippen LogP contribution in [0.15, 0.2) is 12.1 Å². The van der Waals surface area contributed by atoms with Crippen LogP contribution in [0.1, 0.15) is 42.2 Å². The fraction of sp³-hybridized carbons (Fsp3) is 0.571. The van der Waals surface area contributed by atoms with E-state index >= 15 is 0 Å². The molecule has 5 nitrogen and oxygen atoms in total. The number of rotatable bonds is 7. The lowest BCUT2D eigenvalue weighted by Gasteiger charge is -2.11. The van der Waals surface area contributed by atoms with Crippen LogP contribution < -0.4 is 10.6 Å². The maximum atomic E-state index is 12.1. The van der Waals surface area contributed by atoms with Crippen molar-refractivity contribution in [2.75, 3.05) is 30.9 Å². The summed E-state index contributed by atoms with van der Waals surface area (Å²) in [5.41, 5.74) is 1.49. The van der Waals surface area contributed by atoms with Crippen LogP contribution in [0.25, 0.3) is 0 Å². The number of carbonyl (C=O) groups excluding carboxylic acids is 1. The molecule has 0 aliphatic heterocycles. The van der Waals surface area contributed by atoms with E-state index in [1.165, 1.54) is 0 Å². The predicted octanol–water partition coefficient (Wildman–Crippen LogP) is 1.75. The van der Waals surface area contributed by atoms with Gasteiger partial charge in [-0.2, -0.15) is 0 Å². The van der Waals surface area contributed by atoms with Gasteiger partial charge in [0, 0.05) is 47.7 Å². The third-order valence-electron chi connectivity index (χ3n) is 2.85. The zero-order valence-corrected chi connectivity index (χ0v) is 13.3. The summed E-state index contributed by atoms with van der Waals surface area (Å²) in [4.78, 5) is 16.5. The molecule has 0 aliphatic carbocycles. The Balaban J connectivity index is 2.71. The van der Waals surface area contributed by atoms with Gasteiger partial charge >= 0.3 is 0 Å². The average molecular weight is 297 g/mol. The van der Waals surface area contributed by atoms with Gasteiger partial charge in [0.1, 0.15) is 5.82 Å². The van der Waals surface area contributed by atoms with Crippen molar-refractivity contribution < 1.29 is 9.00 Å². The normalized spacial score (nSPS) is 12.2. The molecule has 1 heterocycles. The van der Waals surface area contributed by atoms with Gasteiger partial charge in [0.25, 0.3) is 5.91 Å². The molecule has 0 aliphatic rings. The van der Waals surface area contributed by atoms with Gasteiger partial charge in [-0.05, 0) is 24.5 Å². The summed E-state index contributed by atoms with van der Waals surface area (Å²) in [6.45, 7) is 4.62. The largest absolute Gasteiger partial charge is 0.373 e. The smallest absolute Gasteiger partial charge is 0.251 e. The summed E-state index contributed by atoms with van der Waals surface area (Å²) in [5.74, 6) is 1.44. The first-order valence-electron chi connectivity index (χ1n) is 6.72. The first-order valence-corrected chi connectivity index (χ1v) is 8.44. The summed E-state index contributed by atoms with van der Waals surface area (Å²) in [7, 11) is 0.971. The zero-order chi connectivity index (χ0) is 15.1. The minimum Gasteiger partial charge on any atom is -0.373 e. The molecule has 1 rings (SSSR count). The lowest BCUT2D eigenvalue weighted by Crippen LogP contribution is -2.25. The summed E-state index contributed by atoms with van der Waals surface area (Å²) < 4.78 is 10.9. The molecule has 112 valence electrons. The quantitative estimate of drug-likeness (QED) is 0.752. The zero-order valence-electron chi connectivity index (χ0n) is 12.5. The SMILES string of the molecule is CNc1cc(C(=O)NCCCS(C)=O)cc(C(C)C)n1. The van der Waals surface area contributed by atoms with Crippen molar-refractivity contribution in [3.63, 3.8) is 0 Å². The van der Waals surface area contributed by atoms with Crippen molar-refractivity contribution in [3.8, 4) is 0 Å². The summed E-state index contributed by atoms with van der Waals surface area (Å²) in [6, 6.07) is 3.55. The predicted molar refractivity (Wildman–Crippen MR) is 83.8 cm³/mol. The number of amides is 1. The molecule has 1 aromatic rings. The van der Waals surface area contributed by atoms with Crippen molar-refractivity contribution in [2.45, 2.75) is 26.2 Å². The second-order valence-electron chi connectivity index (χ2n) is 4.96. The third-order valence-corrected chi connectivity index (χ3v) is 3.71. The Bertz CT molecular complexity index is 489. The molecular weight excluding hydrogens is 274 g/mol. The third kappa shape index (κ3) is 5.28. The van der Waals surface area contributed by atoms with Gasteiger partial charge in [-0.25, -0.2) is 4.98 Å². The monoisotopic (exact) mass is 297 g/mol. The van der Waals surface area contributed by atoms with Crippen molar-refractivity contribution in [3.05, 3.63) is 23.4 Å².